The zero-order valence-electron chi connectivity index (χ0n) is 14.1. The first kappa shape index (κ1) is 16.1. The summed E-state index contributed by atoms with van der Waals surface area (Å²) in [5.41, 5.74) is 2.51. The number of nitrogens with one attached hydrogen (secondary N) is 1. The molecule has 1 aromatic carbocycles. The summed E-state index contributed by atoms with van der Waals surface area (Å²) >= 11 is 0. The standard InChI is InChI=1S/C19H22FN3O2/c20-15-3-1-2-4-18(15)25-12-19(24)21-9-10-23-17(14-7-8-14)11-16(22-23)13-5-6-13/h1-4,11,13-14H,5-10,12H2,(H,21,24). The highest BCUT2D eigenvalue weighted by molar-refractivity contribution is 5.77. The molecule has 0 radical (unpaired) electrons. The second-order valence-corrected chi connectivity index (χ2v) is 6.83. The highest BCUT2D eigenvalue weighted by Crippen LogP contribution is 2.44. The minimum atomic E-state index is -0.464. The number of aromatic nitrogens is 2. The number of rotatable bonds is 8. The lowest BCUT2D eigenvalue weighted by Gasteiger charge is -2.09. The summed E-state index contributed by atoms with van der Waals surface area (Å²) < 4.78 is 20.7. The number of benzene rings is 1. The summed E-state index contributed by atoms with van der Waals surface area (Å²) in [6, 6.07) is 8.32. The molecular weight excluding hydrogens is 321 g/mol. The molecule has 2 aromatic rings. The summed E-state index contributed by atoms with van der Waals surface area (Å²) in [6.45, 7) is 0.956. The normalized spacial score (nSPS) is 16.7. The summed E-state index contributed by atoms with van der Waals surface area (Å²) in [5.74, 6) is 0.650. The van der Waals surface area contributed by atoms with E-state index in [1.54, 1.807) is 12.1 Å². The maximum atomic E-state index is 13.4. The van der Waals surface area contributed by atoms with E-state index in [4.69, 9.17) is 9.84 Å². The van der Waals surface area contributed by atoms with E-state index in [9.17, 15) is 9.18 Å². The molecule has 0 spiro atoms. The maximum Gasteiger partial charge on any atom is 0.258 e. The van der Waals surface area contributed by atoms with Gasteiger partial charge in [-0.3, -0.25) is 9.48 Å². The molecule has 4 rings (SSSR count). The minimum Gasteiger partial charge on any atom is -0.481 e. The van der Waals surface area contributed by atoms with Gasteiger partial charge in [0.25, 0.3) is 5.91 Å². The molecule has 0 atom stereocenters. The lowest BCUT2D eigenvalue weighted by Crippen LogP contribution is -2.32. The number of ether oxygens (including phenoxy) is 1. The van der Waals surface area contributed by atoms with Crippen molar-refractivity contribution < 1.29 is 13.9 Å². The number of amides is 1. The van der Waals surface area contributed by atoms with Crippen LogP contribution in [0, 0.1) is 5.82 Å². The molecule has 25 heavy (non-hydrogen) atoms. The number of carbonyl (C=O) groups excluding carboxylic acids is 1. The Kier molecular flexibility index (Phi) is 4.42. The van der Waals surface area contributed by atoms with E-state index in [0.29, 0.717) is 24.9 Å². The Morgan fingerprint density at radius 3 is 2.72 bits per heavy atom. The van der Waals surface area contributed by atoms with Crippen molar-refractivity contribution in [2.24, 2.45) is 0 Å². The van der Waals surface area contributed by atoms with Crippen LogP contribution < -0.4 is 10.1 Å². The van der Waals surface area contributed by atoms with Crippen LogP contribution in [0.2, 0.25) is 0 Å². The number of para-hydroxylation sites is 1. The molecule has 2 aliphatic carbocycles. The molecule has 0 unspecified atom stereocenters. The van der Waals surface area contributed by atoms with Crippen molar-refractivity contribution in [2.75, 3.05) is 13.2 Å². The van der Waals surface area contributed by atoms with Crippen LogP contribution in [0.15, 0.2) is 30.3 Å². The van der Waals surface area contributed by atoms with Gasteiger partial charge in [-0.1, -0.05) is 12.1 Å². The van der Waals surface area contributed by atoms with Gasteiger partial charge in [0, 0.05) is 24.1 Å². The van der Waals surface area contributed by atoms with E-state index < -0.39 is 5.82 Å². The van der Waals surface area contributed by atoms with Crippen LogP contribution in [0.25, 0.3) is 0 Å². The Morgan fingerprint density at radius 2 is 2.00 bits per heavy atom. The van der Waals surface area contributed by atoms with Gasteiger partial charge in [0.05, 0.1) is 12.2 Å². The molecule has 2 saturated carbocycles. The molecule has 1 heterocycles. The number of halogens is 1. The first-order valence-corrected chi connectivity index (χ1v) is 8.92. The van der Waals surface area contributed by atoms with E-state index in [1.807, 2.05) is 4.68 Å². The molecular formula is C19H22FN3O2. The second kappa shape index (κ2) is 6.86. The molecule has 132 valence electrons. The average molecular weight is 343 g/mol. The molecule has 0 bridgehead atoms. The minimum absolute atomic E-state index is 0.0924. The van der Waals surface area contributed by atoms with Crippen LogP contribution in [0.3, 0.4) is 0 Å². The second-order valence-electron chi connectivity index (χ2n) is 6.83. The van der Waals surface area contributed by atoms with E-state index in [1.165, 1.54) is 49.2 Å². The Hall–Kier alpha value is -2.37. The first-order valence-electron chi connectivity index (χ1n) is 8.92. The fraction of sp³-hybridized carbons (Fsp3) is 0.474. The van der Waals surface area contributed by atoms with Crippen LogP contribution in [0.5, 0.6) is 5.75 Å². The summed E-state index contributed by atoms with van der Waals surface area (Å²) in [5, 5.41) is 7.53. The quantitative estimate of drug-likeness (QED) is 0.802. The fourth-order valence-corrected chi connectivity index (χ4v) is 2.97. The van der Waals surface area contributed by atoms with Gasteiger partial charge in [-0.15, -0.1) is 0 Å². The van der Waals surface area contributed by atoms with Crippen LogP contribution in [-0.2, 0) is 11.3 Å². The number of carbonyl (C=O) groups is 1. The predicted octanol–water partition coefficient (Wildman–Crippen LogP) is 2.97. The maximum absolute atomic E-state index is 13.4. The lowest BCUT2D eigenvalue weighted by atomic mass is 10.2. The third kappa shape index (κ3) is 4.00. The third-order valence-electron chi connectivity index (χ3n) is 4.66. The fourth-order valence-electron chi connectivity index (χ4n) is 2.97. The van der Waals surface area contributed by atoms with Gasteiger partial charge in [0.15, 0.2) is 18.2 Å². The summed E-state index contributed by atoms with van der Waals surface area (Å²) in [7, 11) is 0. The van der Waals surface area contributed by atoms with Crippen molar-refractivity contribution in [1.29, 1.82) is 0 Å². The van der Waals surface area contributed by atoms with Crippen LogP contribution >= 0.6 is 0 Å². The molecule has 1 N–H and O–H groups in total. The van der Waals surface area contributed by atoms with Gasteiger partial charge < -0.3 is 10.1 Å². The smallest absolute Gasteiger partial charge is 0.258 e. The topological polar surface area (TPSA) is 56.1 Å². The van der Waals surface area contributed by atoms with E-state index in [-0.39, 0.29) is 18.3 Å². The van der Waals surface area contributed by atoms with E-state index in [2.05, 4.69) is 11.4 Å². The first-order chi connectivity index (χ1) is 12.2. The Morgan fingerprint density at radius 1 is 1.24 bits per heavy atom. The monoisotopic (exact) mass is 343 g/mol. The SMILES string of the molecule is O=C(COc1ccccc1F)NCCn1nc(C2CC2)cc1C1CC1. The number of hydrogen-bond donors (Lipinski definition) is 1. The van der Waals surface area contributed by atoms with Crippen LogP contribution in [0.4, 0.5) is 4.39 Å². The lowest BCUT2D eigenvalue weighted by molar-refractivity contribution is -0.123. The van der Waals surface area contributed by atoms with Crippen molar-refractivity contribution >= 4 is 5.91 Å². The van der Waals surface area contributed by atoms with Gasteiger partial charge in [0.2, 0.25) is 0 Å². The van der Waals surface area contributed by atoms with E-state index in [0.717, 1.165) is 0 Å². The van der Waals surface area contributed by atoms with Crippen molar-refractivity contribution in [3.63, 3.8) is 0 Å². The van der Waals surface area contributed by atoms with Crippen molar-refractivity contribution in [2.45, 2.75) is 44.1 Å². The van der Waals surface area contributed by atoms with E-state index >= 15 is 0 Å². The Labute approximate surface area is 146 Å². The predicted molar refractivity (Wildman–Crippen MR) is 91.1 cm³/mol. The van der Waals surface area contributed by atoms with Gasteiger partial charge in [-0.2, -0.15) is 5.10 Å². The van der Waals surface area contributed by atoms with Gasteiger partial charge in [-0.25, -0.2) is 4.39 Å². The molecule has 2 fully saturated rings. The average Bonchev–Trinajstić information content (AvgIpc) is 3.53. The number of hydrogen-bond acceptors (Lipinski definition) is 3. The molecule has 1 aromatic heterocycles. The largest absolute Gasteiger partial charge is 0.481 e. The van der Waals surface area contributed by atoms with Gasteiger partial charge >= 0.3 is 0 Å². The highest BCUT2D eigenvalue weighted by atomic mass is 19.1. The zero-order valence-corrected chi connectivity index (χ0v) is 14.1. The molecule has 2 aliphatic rings. The van der Waals surface area contributed by atoms with Gasteiger partial charge in [0.1, 0.15) is 0 Å². The molecule has 0 aliphatic heterocycles. The molecule has 0 saturated heterocycles. The van der Waals surface area contributed by atoms with Crippen LogP contribution in [-0.4, -0.2) is 28.8 Å². The van der Waals surface area contributed by atoms with Crippen molar-refractivity contribution in [3.8, 4) is 5.75 Å². The highest BCUT2D eigenvalue weighted by Gasteiger charge is 2.32. The summed E-state index contributed by atoms with van der Waals surface area (Å²) in [6.07, 6.45) is 4.95. The Bertz CT molecular complexity index is 766. The third-order valence-corrected chi connectivity index (χ3v) is 4.66. The number of nitrogens with zero attached hydrogens (tertiary/aromatic N) is 2. The molecule has 1 amide bonds. The van der Waals surface area contributed by atoms with Crippen molar-refractivity contribution in [3.05, 3.63) is 47.5 Å². The zero-order chi connectivity index (χ0) is 17.2. The van der Waals surface area contributed by atoms with Gasteiger partial charge in [-0.05, 0) is 43.9 Å². The molecule has 5 nitrogen and oxygen atoms in total. The Balaban J connectivity index is 1.26. The molecule has 6 heteroatoms. The van der Waals surface area contributed by atoms with Crippen molar-refractivity contribution in [1.82, 2.24) is 15.1 Å². The summed E-state index contributed by atoms with van der Waals surface area (Å²) in [4.78, 5) is 11.9. The van der Waals surface area contributed by atoms with Crippen LogP contribution in [0.1, 0.15) is 48.9 Å².